The van der Waals surface area contributed by atoms with Crippen LogP contribution in [0.2, 0.25) is 0 Å². The second-order valence-electron chi connectivity index (χ2n) is 9.06. The topological polar surface area (TPSA) is 282 Å². The predicted octanol–water partition coefficient (Wildman–Crippen LogP) is -0.698. The molecule has 0 heterocycles. The predicted molar refractivity (Wildman–Crippen MR) is 155 cm³/mol. The number of nitrogens with one attached hydrogen (secondary N) is 2. The van der Waals surface area contributed by atoms with Crippen molar-refractivity contribution in [1.29, 1.82) is 0 Å². The summed E-state index contributed by atoms with van der Waals surface area (Å²) in [6.07, 6.45) is 0. The third-order valence-corrected chi connectivity index (χ3v) is 9.00. The maximum Gasteiger partial charge on any atom is 0.397 e. The van der Waals surface area contributed by atoms with Gasteiger partial charge in [-0.1, -0.05) is 6.07 Å². The molecule has 0 spiro atoms. The number of aryl methyl sites for hydroxylation is 2. The molecule has 3 rings (SSSR count). The fourth-order valence-electron chi connectivity index (χ4n) is 3.78. The Morgan fingerprint density at radius 2 is 1.49 bits per heavy atom. The van der Waals surface area contributed by atoms with Crippen molar-refractivity contribution in [1.82, 2.24) is 0 Å². The summed E-state index contributed by atoms with van der Waals surface area (Å²) < 4.78 is 97.9. The molecule has 0 amide bonds. The Labute approximate surface area is 254 Å². The van der Waals surface area contributed by atoms with E-state index in [-0.39, 0.29) is 27.6 Å². The Morgan fingerprint density at radius 3 is 2.07 bits per heavy atom. The summed E-state index contributed by atoms with van der Waals surface area (Å²) >= 11 is 0. The highest BCUT2D eigenvalue weighted by Crippen LogP contribution is 2.31. The minimum Gasteiger partial charge on any atom is -0.494 e. The first-order chi connectivity index (χ1) is 20.7. The van der Waals surface area contributed by atoms with Crippen LogP contribution >= 0.6 is 0 Å². The molecule has 45 heavy (non-hydrogen) atoms. The van der Waals surface area contributed by atoms with Crippen molar-refractivity contribution in [2.45, 2.75) is 23.6 Å². The van der Waals surface area contributed by atoms with Crippen LogP contribution in [0.3, 0.4) is 0 Å². The first-order valence-electron chi connectivity index (χ1n) is 12.1. The highest BCUT2D eigenvalue weighted by molar-refractivity contribution is 7.91. The van der Waals surface area contributed by atoms with E-state index in [2.05, 4.69) is 25.2 Å². The molecule has 0 aliphatic heterocycles. The quantitative estimate of drug-likeness (QED) is 0.116. The number of sulfone groups is 1. The lowest BCUT2D eigenvalue weighted by Crippen LogP contribution is -2.50. The SMILES string of the molecule is COc1cc(S(=O)(=O)CCOS(=O)(=O)O)c(C)cc1NN=c1c(=O)cc(C(=O)O)c(=NNc2ccc(C)cc2S(=O)(=O)O)c1=O. The van der Waals surface area contributed by atoms with E-state index in [9.17, 15) is 49.3 Å². The van der Waals surface area contributed by atoms with Crippen LogP contribution in [0.25, 0.3) is 0 Å². The molecule has 0 atom stereocenters. The number of carboxylic acids is 1. The van der Waals surface area contributed by atoms with E-state index in [4.69, 9.17) is 9.29 Å². The van der Waals surface area contributed by atoms with Crippen molar-refractivity contribution in [3.8, 4) is 5.75 Å². The normalized spacial score (nSPS) is 13.1. The van der Waals surface area contributed by atoms with Gasteiger partial charge in [0.1, 0.15) is 16.0 Å². The van der Waals surface area contributed by atoms with Gasteiger partial charge in [0.2, 0.25) is 10.9 Å². The van der Waals surface area contributed by atoms with Gasteiger partial charge in [-0.25, -0.2) is 17.4 Å². The highest BCUT2D eigenvalue weighted by Gasteiger charge is 2.22. The lowest BCUT2D eigenvalue weighted by molar-refractivity contribution is 0.0694. The summed E-state index contributed by atoms with van der Waals surface area (Å²) in [7, 11) is -12.7. The molecular weight excluding hydrogens is 664 g/mol. The molecule has 0 bridgehead atoms. The first-order valence-corrected chi connectivity index (χ1v) is 16.5. The Hall–Kier alpha value is -4.54. The number of hydrogen-bond donors (Lipinski definition) is 5. The summed E-state index contributed by atoms with van der Waals surface area (Å²) in [6, 6.07) is 6.53. The highest BCUT2D eigenvalue weighted by atomic mass is 32.3. The molecule has 21 heteroatoms. The average molecular weight is 689 g/mol. The fraction of sp³-hybridized carbons (Fsp3) is 0.208. The number of methoxy groups -OCH3 is 1. The number of rotatable bonds is 12. The monoisotopic (exact) mass is 688 g/mol. The Kier molecular flexibility index (Phi) is 10.3. The van der Waals surface area contributed by atoms with Gasteiger partial charge in [0.25, 0.3) is 10.1 Å². The molecule has 0 saturated carbocycles. The van der Waals surface area contributed by atoms with Crippen molar-refractivity contribution >= 4 is 47.7 Å². The molecule has 3 aromatic carbocycles. The van der Waals surface area contributed by atoms with E-state index in [1.165, 1.54) is 32.0 Å². The van der Waals surface area contributed by atoms with Gasteiger partial charge < -0.3 is 9.84 Å². The van der Waals surface area contributed by atoms with Crippen molar-refractivity contribution in [3.05, 3.63) is 84.2 Å². The third kappa shape index (κ3) is 8.55. The van der Waals surface area contributed by atoms with E-state index in [1.807, 2.05) is 0 Å². The zero-order chi connectivity index (χ0) is 33.9. The number of carboxylic acid groups (broad SMARTS) is 1. The molecule has 0 radical (unpaired) electrons. The molecule has 242 valence electrons. The van der Waals surface area contributed by atoms with E-state index in [1.54, 1.807) is 0 Å². The first kappa shape index (κ1) is 34.9. The minimum atomic E-state index is -4.88. The maximum absolute atomic E-state index is 13.2. The number of nitrogens with zero attached hydrogens (tertiary/aromatic N) is 2. The third-order valence-electron chi connectivity index (χ3n) is 5.83. The summed E-state index contributed by atoms with van der Waals surface area (Å²) in [6.45, 7) is 2.01. The number of aromatic carboxylic acids is 1. The molecule has 0 fully saturated rings. The molecule has 0 aromatic heterocycles. The number of anilines is 2. The Balaban J connectivity index is 2.10. The van der Waals surface area contributed by atoms with Crippen molar-refractivity contribution < 1.29 is 53.2 Å². The minimum absolute atomic E-state index is 0.0571. The van der Waals surface area contributed by atoms with Gasteiger partial charge in [0, 0.05) is 12.1 Å². The maximum atomic E-state index is 13.2. The molecule has 0 aliphatic rings. The van der Waals surface area contributed by atoms with Gasteiger partial charge in [0.15, 0.2) is 15.2 Å². The average Bonchev–Trinajstić information content (AvgIpc) is 2.91. The van der Waals surface area contributed by atoms with Crippen LogP contribution in [0, 0.1) is 13.8 Å². The molecule has 5 N–H and O–H groups in total. The van der Waals surface area contributed by atoms with Crippen LogP contribution in [0.15, 0.2) is 66.0 Å². The van der Waals surface area contributed by atoms with Crippen LogP contribution < -0.4 is 37.2 Å². The van der Waals surface area contributed by atoms with Crippen molar-refractivity contribution in [2.75, 3.05) is 30.3 Å². The van der Waals surface area contributed by atoms with E-state index < -0.39 is 80.7 Å². The van der Waals surface area contributed by atoms with E-state index in [0.717, 1.165) is 19.2 Å². The van der Waals surface area contributed by atoms with Crippen molar-refractivity contribution in [3.63, 3.8) is 0 Å². The van der Waals surface area contributed by atoms with Crippen LogP contribution in [-0.4, -0.2) is 64.9 Å². The molecule has 18 nitrogen and oxygen atoms in total. The number of hydrogen-bond acceptors (Lipinski definition) is 15. The van der Waals surface area contributed by atoms with Crippen LogP contribution in [-0.2, 0) is 34.5 Å². The summed E-state index contributed by atoms with van der Waals surface area (Å²) in [4.78, 5) is 36.7. The summed E-state index contributed by atoms with van der Waals surface area (Å²) in [5.41, 5.74) is 1.44. The Bertz CT molecular complexity index is 2240. The van der Waals surface area contributed by atoms with Crippen molar-refractivity contribution in [2.24, 2.45) is 10.2 Å². The van der Waals surface area contributed by atoms with Gasteiger partial charge in [0.05, 0.1) is 41.3 Å². The molecular formula is C24H24N4O14S3. The largest absolute Gasteiger partial charge is 0.494 e. The second kappa shape index (κ2) is 13.2. The molecule has 0 aliphatic carbocycles. The van der Waals surface area contributed by atoms with Crippen LogP contribution in [0.1, 0.15) is 21.5 Å². The smallest absolute Gasteiger partial charge is 0.397 e. The summed E-state index contributed by atoms with van der Waals surface area (Å²) in [5, 5.41) is 15.3. The molecule has 3 aromatic rings. The van der Waals surface area contributed by atoms with E-state index >= 15 is 0 Å². The zero-order valence-electron chi connectivity index (χ0n) is 23.3. The second-order valence-corrected chi connectivity index (χ2v) is 13.6. The lowest BCUT2D eigenvalue weighted by Gasteiger charge is -2.13. The van der Waals surface area contributed by atoms with Gasteiger partial charge >= 0.3 is 16.4 Å². The summed E-state index contributed by atoms with van der Waals surface area (Å²) in [5.74, 6) is -2.72. The number of ether oxygens (including phenoxy) is 1. The number of benzene rings is 3. The van der Waals surface area contributed by atoms with Gasteiger partial charge in [-0.05, 0) is 43.2 Å². The van der Waals surface area contributed by atoms with Crippen LogP contribution in [0.4, 0.5) is 11.4 Å². The number of carbonyl (C=O) groups is 1. The van der Waals surface area contributed by atoms with Gasteiger partial charge in [-0.15, -0.1) is 0 Å². The standard InChI is InChI=1S/C24H24N4O14S3/c1-12-4-5-15(20(8-12)44(35,36)37)25-27-21-14(24(31)32)10-17(29)22(23(21)30)28-26-16-9-13(2)19(11-18(16)41-3)43(33,34)7-6-42-45(38,39)40/h4-5,8-11,25-26H,6-7H2,1-3H3,(H,31,32)(H,35,36,37)(H,38,39,40). The fourth-order valence-corrected chi connectivity index (χ4v) is 6.27. The van der Waals surface area contributed by atoms with Gasteiger partial charge in [-0.2, -0.15) is 27.0 Å². The zero-order valence-corrected chi connectivity index (χ0v) is 25.8. The Morgan fingerprint density at radius 1 is 0.867 bits per heavy atom. The molecule has 0 saturated heterocycles. The van der Waals surface area contributed by atoms with Gasteiger partial charge in [-0.3, -0.25) is 29.5 Å². The lowest BCUT2D eigenvalue weighted by atomic mass is 10.2. The molecule has 0 unspecified atom stereocenters. The van der Waals surface area contributed by atoms with Crippen LogP contribution in [0.5, 0.6) is 5.75 Å². The van der Waals surface area contributed by atoms with E-state index in [0.29, 0.717) is 11.6 Å².